The number of hydrogen-bond donors (Lipinski definition) is 2. The van der Waals surface area contributed by atoms with Crippen LogP contribution in [0.3, 0.4) is 0 Å². The van der Waals surface area contributed by atoms with Gasteiger partial charge in [-0.25, -0.2) is 0 Å². The minimum absolute atomic E-state index is 0.00991. The molecule has 1 fully saturated rings. The summed E-state index contributed by atoms with van der Waals surface area (Å²) in [4.78, 5) is 15.3. The zero-order valence-electron chi connectivity index (χ0n) is 67.5. The summed E-state index contributed by atoms with van der Waals surface area (Å²) in [5.41, 5.74) is 7.27. The SMILES string of the molecule is CCCCCCCCCCCCCCCCCCCCCCCCCC(=O)N[C@@H](CN[C@H]1C(OCc2ccccc2)C(OCc2ccccc2)[C@H](OCc2ccccc2)C(OCc2ccccc2)C1OCc1ccccc1)[C@H](OCc1ccccc1)[C@@H](CCCCCCCCCCCCCC)OCc1ccccc1. The normalized spacial score (nSPS) is 17.3. The standard InChI is InChI=1S/C99H142N2O8/c1-3-5-7-9-11-13-15-17-18-19-20-21-22-23-24-25-26-27-29-31-33-35-58-74-92(102)101-90(94(104-77-84-61-45-37-46-62-84)91(103-76-83-59-43-36-44-60-83)73-57-34-32-30-28-16-14-12-10-8-6-4-2)75-100-93-95(105-78-85-63-47-38-48-64-85)97(107-80-87-67-51-40-52-68-87)99(109-82-89-71-55-42-56-72-89)98(108-81-88-69-53-41-54-70-88)96(93)106-79-86-65-49-39-50-66-86/h36-56,59-72,90-91,93-100H,3-35,57-58,73-82H2,1-2H3,(H,101,102)/t90-,91+,93-,94-,95?,96?,97?,98?,99-/m0/s1. The van der Waals surface area contributed by atoms with Crippen LogP contribution in [0.25, 0.3) is 0 Å². The fourth-order valence-corrected chi connectivity index (χ4v) is 15.6. The predicted molar refractivity (Wildman–Crippen MR) is 451 cm³/mol. The van der Waals surface area contributed by atoms with Gasteiger partial charge in [0, 0.05) is 13.0 Å². The van der Waals surface area contributed by atoms with Crippen molar-refractivity contribution >= 4 is 5.91 Å². The largest absolute Gasteiger partial charge is 0.371 e. The highest BCUT2D eigenvalue weighted by Crippen LogP contribution is 2.36. The Morgan fingerprint density at radius 1 is 0.284 bits per heavy atom. The number of carbonyl (C=O) groups is 1. The average Bonchev–Trinajstić information content (AvgIpc) is 0.762. The van der Waals surface area contributed by atoms with Gasteiger partial charge in [0.25, 0.3) is 0 Å². The maximum atomic E-state index is 15.3. The van der Waals surface area contributed by atoms with E-state index in [1.165, 1.54) is 193 Å². The fraction of sp³-hybridized carbons (Fsp3) is 0.566. The Hall–Kier alpha value is -6.31. The van der Waals surface area contributed by atoms with Crippen molar-refractivity contribution in [2.75, 3.05) is 6.54 Å². The molecule has 7 atom stereocenters. The quantitative estimate of drug-likeness (QED) is 0.0361. The maximum absolute atomic E-state index is 15.3. The van der Waals surface area contributed by atoms with Gasteiger partial charge >= 0.3 is 0 Å². The van der Waals surface area contributed by atoms with Crippen LogP contribution in [-0.4, -0.2) is 67.3 Å². The van der Waals surface area contributed by atoms with Crippen molar-refractivity contribution in [2.24, 2.45) is 0 Å². The first-order valence-corrected chi connectivity index (χ1v) is 43.7. The third-order valence-corrected chi connectivity index (χ3v) is 22.1. The number of benzene rings is 7. The van der Waals surface area contributed by atoms with Crippen LogP contribution in [0.15, 0.2) is 212 Å². The van der Waals surface area contributed by atoms with Gasteiger partial charge in [-0.05, 0) is 51.8 Å². The predicted octanol–water partition coefficient (Wildman–Crippen LogP) is 25.0. The van der Waals surface area contributed by atoms with Gasteiger partial charge in [0.2, 0.25) is 5.91 Å². The Balaban J connectivity index is 1.06. The van der Waals surface area contributed by atoms with E-state index in [1.54, 1.807) is 0 Å². The monoisotopic (exact) mass is 1490 g/mol. The molecule has 0 bridgehead atoms. The summed E-state index contributed by atoms with van der Waals surface area (Å²) in [5, 5.41) is 7.91. The van der Waals surface area contributed by atoms with Crippen molar-refractivity contribution in [3.05, 3.63) is 251 Å². The number of hydrogen-bond acceptors (Lipinski definition) is 9. The first-order valence-electron chi connectivity index (χ1n) is 43.7. The number of carbonyl (C=O) groups excluding carboxylic acids is 1. The number of amides is 1. The summed E-state index contributed by atoms with van der Waals surface area (Å²) < 4.78 is 52.0. The summed E-state index contributed by atoms with van der Waals surface area (Å²) >= 11 is 0. The van der Waals surface area contributed by atoms with Crippen LogP contribution < -0.4 is 10.6 Å². The van der Waals surface area contributed by atoms with E-state index in [-0.39, 0.29) is 31.8 Å². The summed E-state index contributed by atoms with van der Waals surface area (Å²) in [7, 11) is 0. The smallest absolute Gasteiger partial charge is 0.220 e. The fourth-order valence-electron chi connectivity index (χ4n) is 15.6. The van der Waals surface area contributed by atoms with Crippen molar-refractivity contribution in [1.29, 1.82) is 0 Å². The second-order valence-corrected chi connectivity index (χ2v) is 31.2. The summed E-state index contributed by atoms with van der Waals surface area (Å²) in [6.07, 6.45) is 42.3. The molecule has 7 aromatic rings. The lowest BCUT2D eigenvalue weighted by molar-refractivity contribution is -0.260. The molecule has 4 unspecified atom stereocenters. The van der Waals surface area contributed by atoms with E-state index in [0.717, 1.165) is 77.5 Å². The van der Waals surface area contributed by atoms with Gasteiger partial charge in [-0.3, -0.25) is 4.79 Å². The van der Waals surface area contributed by atoms with Gasteiger partial charge in [0.05, 0.1) is 64.4 Å². The molecule has 0 radical (unpaired) electrons. The van der Waals surface area contributed by atoms with Crippen LogP contribution in [0.4, 0.5) is 0 Å². The highest BCUT2D eigenvalue weighted by atomic mass is 16.6. The number of rotatable bonds is 64. The summed E-state index contributed by atoms with van der Waals surface area (Å²) in [6.45, 7) is 7.08. The lowest BCUT2D eigenvalue weighted by Gasteiger charge is -2.50. The van der Waals surface area contributed by atoms with Crippen molar-refractivity contribution in [3.63, 3.8) is 0 Å². The molecule has 8 rings (SSSR count). The summed E-state index contributed by atoms with van der Waals surface area (Å²) in [5.74, 6) is 0.00991. The molecule has 0 heterocycles. The van der Waals surface area contributed by atoms with Crippen molar-refractivity contribution in [3.8, 4) is 0 Å². The molecule has 7 aromatic carbocycles. The minimum Gasteiger partial charge on any atom is -0.371 e. The maximum Gasteiger partial charge on any atom is 0.220 e. The van der Waals surface area contributed by atoms with Crippen LogP contribution in [0.1, 0.15) is 290 Å². The lowest BCUT2D eigenvalue weighted by Crippen LogP contribution is -2.71. The third kappa shape index (κ3) is 37.3. The van der Waals surface area contributed by atoms with Gasteiger partial charge in [0.15, 0.2) is 0 Å². The minimum atomic E-state index is -0.702. The highest BCUT2D eigenvalue weighted by molar-refractivity contribution is 5.76. The van der Waals surface area contributed by atoms with E-state index < -0.39 is 48.7 Å². The first kappa shape index (κ1) is 88.3. The molecular formula is C99H142N2O8. The molecular weight excluding hydrogens is 1350 g/mol. The van der Waals surface area contributed by atoms with E-state index in [9.17, 15) is 0 Å². The zero-order valence-corrected chi connectivity index (χ0v) is 67.5. The Kier molecular flexibility index (Phi) is 46.7. The molecule has 10 nitrogen and oxygen atoms in total. The van der Waals surface area contributed by atoms with E-state index >= 15 is 4.79 Å². The van der Waals surface area contributed by atoms with Gasteiger partial charge in [-0.1, -0.05) is 444 Å². The van der Waals surface area contributed by atoms with E-state index in [2.05, 4.69) is 206 Å². The van der Waals surface area contributed by atoms with Crippen LogP contribution in [0.5, 0.6) is 0 Å². The van der Waals surface area contributed by atoms with Crippen LogP contribution in [-0.2, 0) is 84.2 Å². The van der Waals surface area contributed by atoms with Crippen LogP contribution >= 0.6 is 0 Å². The van der Waals surface area contributed by atoms with Crippen molar-refractivity contribution in [1.82, 2.24) is 10.6 Å². The van der Waals surface area contributed by atoms with Gasteiger partial charge in [-0.15, -0.1) is 0 Å². The Bertz CT molecular complexity index is 3140. The number of nitrogens with one attached hydrogen (secondary N) is 2. The molecule has 596 valence electrons. The van der Waals surface area contributed by atoms with E-state index in [4.69, 9.17) is 33.2 Å². The van der Waals surface area contributed by atoms with Gasteiger partial charge in [-0.2, -0.15) is 0 Å². The molecule has 109 heavy (non-hydrogen) atoms. The van der Waals surface area contributed by atoms with Gasteiger partial charge < -0.3 is 43.8 Å². The van der Waals surface area contributed by atoms with Crippen molar-refractivity contribution in [2.45, 2.75) is 352 Å². The topological polar surface area (TPSA) is 106 Å². The van der Waals surface area contributed by atoms with E-state index in [1.807, 2.05) is 30.3 Å². The second kappa shape index (κ2) is 57.7. The molecule has 0 saturated heterocycles. The Labute approximate surface area is 661 Å². The van der Waals surface area contributed by atoms with Crippen LogP contribution in [0, 0.1) is 0 Å². The lowest BCUT2D eigenvalue weighted by atomic mass is 9.81. The molecule has 0 spiro atoms. The molecule has 1 amide bonds. The average molecular weight is 1490 g/mol. The Morgan fingerprint density at radius 2 is 0.523 bits per heavy atom. The molecule has 1 saturated carbocycles. The third-order valence-electron chi connectivity index (χ3n) is 22.1. The second-order valence-electron chi connectivity index (χ2n) is 31.2. The molecule has 1 aliphatic carbocycles. The summed E-state index contributed by atoms with van der Waals surface area (Å²) in [6, 6.07) is 71.6. The molecule has 10 heteroatoms. The molecule has 0 aliphatic heterocycles. The molecule has 0 aromatic heterocycles. The number of unbranched alkanes of at least 4 members (excludes halogenated alkanes) is 33. The van der Waals surface area contributed by atoms with E-state index in [0.29, 0.717) is 39.5 Å². The van der Waals surface area contributed by atoms with Gasteiger partial charge in [0.1, 0.15) is 36.6 Å². The molecule has 1 aliphatic rings. The van der Waals surface area contributed by atoms with Crippen LogP contribution in [0.2, 0.25) is 0 Å². The highest BCUT2D eigenvalue weighted by Gasteiger charge is 2.55. The number of ether oxygens (including phenoxy) is 7. The molecule has 2 N–H and O–H groups in total. The first-order chi connectivity index (χ1) is 54.0. The Morgan fingerprint density at radius 3 is 0.817 bits per heavy atom. The zero-order chi connectivity index (χ0) is 75.7. The van der Waals surface area contributed by atoms with Crippen molar-refractivity contribution < 1.29 is 38.0 Å².